The second-order valence-electron chi connectivity index (χ2n) is 7.47. The number of carbonyl (C=O) groups excluding carboxylic acids is 1. The van der Waals surface area contributed by atoms with Gasteiger partial charge in [-0.25, -0.2) is 0 Å². The third-order valence-corrected chi connectivity index (χ3v) is 5.56. The molecule has 166 valence electrons. The first-order valence-corrected chi connectivity index (χ1v) is 9.85. The number of carbonyl (C=O) groups is 1. The van der Waals surface area contributed by atoms with Crippen molar-refractivity contribution in [3.63, 3.8) is 0 Å². The molecule has 6 unspecified atom stereocenters. The highest BCUT2D eigenvalue weighted by atomic mass is 16.7. The Morgan fingerprint density at radius 1 is 1.00 bits per heavy atom. The largest absolute Gasteiger partial charge is 0.497 e. The SMILES string of the molecule is COc1ccc(C2COc3cc(OC4OC(CO)C(O)C(O)C4O)ccc3C2=O)cc1. The van der Waals surface area contributed by atoms with E-state index in [1.807, 2.05) is 12.1 Å². The molecular weight excluding hydrogens is 408 g/mol. The van der Waals surface area contributed by atoms with Crippen LogP contribution in [0.15, 0.2) is 42.5 Å². The summed E-state index contributed by atoms with van der Waals surface area (Å²) in [6.45, 7) is -0.402. The number of aliphatic hydroxyl groups excluding tert-OH is 4. The number of benzene rings is 2. The first kappa shape index (κ1) is 21.5. The smallest absolute Gasteiger partial charge is 0.229 e. The van der Waals surface area contributed by atoms with Gasteiger partial charge in [-0.3, -0.25) is 4.79 Å². The van der Waals surface area contributed by atoms with E-state index in [-0.39, 0.29) is 18.1 Å². The van der Waals surface area contributed by atoms with Gasteiger partial charge in [0.2, 0.25) is 6.29 Å². The van der Waals surface area contributed by atoms with Crippen LogP contribution < -0.4 is 14.2 Å². The van der Waals surface area contributed by atoms with Gasteiger partial charge in [0.25, 0.3) is 0 Å². The summed E-state index contributed by atoms with van der Waals surface area (Å²) in [4.78, 5) is 13.0. The van der Waals surface area contributed by atoms with Crippen molar-refractivity contribution < 1.29 is 44.2 Å². The minimum absolute atomic E-state index is 0.0918. The lowest BCUT2D eigenvalue weighted by Gasteiger charge is -2.39. The molecule has 9 heteroatoms. The maximum atomic E-state index is 13.0. The van der Waals surface area contributed by atoms with E-state index in [9.17, 15) is 25.2 Å². The van der Waals surface area contributed by atoms with Crippen molar-refractivity contribution in [3.8, 4) is 17.2 Å². The Morgan fingerprint density at radius 2 is 1.71 bits per heavy atom. The molecule has 0 aromatic heterocycles. The average molecular weight is 432 g/mol. The number of aliphatic hydroxyl groups is 4. The van der Waals surface area contributed by atoms with Gasteiger partial charge in [0, 0.05) is 6.07 Å². The highest BCUT2D eigenvalue weighted by molar-refractivity contribution is 6.04. The van der Waals surface area contributed by atoms with Crippen LogP contribution >= 0.6 is 0 Å². The standard InChI is InChI=1S/C22H24O9/c1-28-12-4-2-11(3-5-12)15-10-29-16-8-13(6-7-14(16)18(15)24)30-22-21(27)20(26)19(25)17(9-23)31-22/h2-8,15,17,19-23,25-27H,9-10H2,1H3. The van der Waals surface area contributed by atoms with Gasteiger partial charge in [0.15, 0.2) is 5.78 Å². The van der Waals surface area contributed by atoms with Gasteiger partial charge in [-0.2, -0.15) is 0 Å². The molecule has 0 saturated carbocycles. The number of methoxy groups -OCH3 is 1. The van der Waals surface area contributed by atoms with Crippen molar-refractivity contribution in [1.82, 2.24) is 0 Å². The monoisotopic (exact) mass is 432 g/mol. The summed E-state index contributed by atoms with van der Waals surface area (Å²) in [6, 6.07) is 11.8. The van der Waals surface area contributed by atoms with Gasteiger partial charge in [-0.15, -0.1) is 0 Å². The lowest BCUT2D eigenvalue weighted by atomic mass is 9.89. The molecule has 2 heterocycles. The fraction of sp³-hybridized carbons (Fsp3) is 0.409. The molecule has 2 aliphatic rings. The second kappa shape index (κ2) is 8.81. The molecule has 9 nitrogen and oxygen atoms in total. The molecule has 6 atom stereocenters. The molecule has 4 N–H and O–H groups in total. The van der Waals surface area contributed by atoms with Crippen molar-refractivity contribution in [2.24, 2.45) is 0 Å². The summed E-state index contributed by atoms with van der Waals surface area (Å²) in [5.74, 6) is 0.723. The van der Waals surface area contributed by atoms with Crippen LogP contribution in [-0.2, 0) is 4.74 Å². The van der Waals surface area contributed by atoms with Gasteiger partial charge < -0.3 is 39.4 Å². The molecule has 31 heavy (non-hydrogen) atoms. The van der Waals surface area contributed by atoms with Gasteiger partial charge >= 0.3 is 0 Å². The Balaban J connectivity index is 1.50. The quantitative estimate of drug-likeness (QED) is 0.524. The summed E-state index contributed by atoms with van der Waals surface area (Å²) in [7, 11) is 1.57. The third-order valence-electron chi connectivity index (χ3n) is 5.56. The molecule has 4 rings (SSSR count). The molecule has 0 aliphatic carbocycles. The Morgan fingerprint density at radius 3 is 2.39 bits per heavy atom. The first-order chi connectivity index (χ1) is 14.9. The number of hydrogen-bond acceptors (Lipinski definition) is 9. The second-order valence-corrected chi connectivity index (χ2v) is 7.47. The zero-order valence-corrected chi connectivity index (χ0v) is 16.7. The molecule has 2 aliphatic heterocycles. The van der Waals surface area contributed by atoms with Gasteiger partial charge in [0.05, 0.1) is 25.2 Å². The van der Waals surface area contributed by atoms with Crippen molar-refractivity contribution in [1.29, 1.82) is 0 Å². The molecule has 2 aromatic carbocycles. The summed E-state index contributed by atoms with van der Waals surface area (Å²) in [5, 5.41) is 39.2. The Kier molecular flexibility index (Phi) is 6.12. The number of ether oxygens (including phenoxy) is 4. The van der Waals surface area contributed by atoms with Crippen LogP contribution in [-0.4, -0.2) is 77.2 Å². The molecular formula is C22H24O9. The molecule has 0 spiro atoms. The minimum Gasteiger partial charge on any atom is -0.497 e. The maximum absolute atomic E-state index is 13.0. The van der Waals surface area contributed by atoms with Gasteiger partial charge in [-0.05, 0) is 29.8 Å². The first-order valence-electron chi connectivity index (χ1n) is 9.85. The average Bonchev–Trinajstić information content (AvgIpc) is 2.80. The van der Waals surface area contributed by atoms with Crippen LogP contribution in [0.4, 0.5) is 0 Å². The predicted octanol–water partition coefficient (Wildman–Crippen LogP) is 0.233. The number of ketones is 1. The van der Waals surface area contributed by atoms with Crippen molar-refractivity contribution in [2.45, 2.75) is 36.6 Å². The summed E-state index contributed by atoms with van der Waals surface area (Å²) in [6.07, 6.45) is -6.95. The van der Waals surface area contributed by atoms with Crippen LogP contribution in [0.5, 0.6) is 17.2 Å². The van der Waals surface area contributed by atoms with E-state index in [0.29, 0.717) is 17.1 Å². The topological polar surface area (TPSA) is 135 Å². The third kappa shape index (κ3) is 4.10. The number of rotatable bonds is 5. The number of Topliss-reactive ketones (excluding diaryl/α,β-unsaturated/α-hetero) is 1. The van der Waals surface area contributed by atoms with Crippen LogP contribution in [0.2, 0.25) is 0 Å². The van der Waals surface area contributed by atoms with E-state index in [1.165, 1.54) is 12.1 Å². The van der Waals surface area contributed by atoms with E-state index in [4.69, 9.17) is 18.9 Å². The van der Waals surface area contributed by atoms with Gasteiger partial charge in [0.1, 0.15) is 48.3 Å². The van der Waals surface area contributed by atoms with Crippen molar-refractivity contribution in [3.05, 3.63) is 53.6 Å². The number of fused-ring (bicyclic) bond motifs is 1. The molecule has 1 fully saturated rings. The van der Waals surface area contributed by atoms with Crippen molar-refractivity contribution >= 4 is 5.78 Å². The fourth-order valence-electron chi connectivity index (χ4n) is 3.72. The van der Waals surface area contributed by atoms with E-state index in [2.05, 4.69) is 0 Å². The lowest BCUT2D eigenvalue weighted by molar-refractivity contribution is -0.277. The van der Waals surface area contributed by atoms with Crippen LogP contribution in [0.3, 0.4) is 0 Å². The Hall–Kier alpha value is -2.69. The van der Waals surface area contributed by atoms with E-state index in [0.717, 1.165) is 5.56 Å². The van der Waals surface area contributed by atoms with Crippen LogP contribution in [0.25, 0.3) is 0 Å². The maximum Gasteiger partial charge on any atom is 0.229 e. The summed E-state index contributed by atoms with van der Waals surface area (Å²) in [5.41, 5.74) is 1.21. The summed E-state index contributed by atoms with van der Waals surface area (Å²) < 4.78 is 21.9. The minimum atomic E-state index is -1.54. The van der Waals surface area contributed by atoms with E-state index >= 15 is 0 Å². The molecule has 2 aromatic rings. The normalized spacial score (nSPS) is 30.3. The predicted molar refractivity (Wildman–Crippen MR) is 106 cm³/mol. The van der Waals surface area contributed by atoms with E-state index < -0.39 is 43.2 Å². The van der Waals surface area contributed by atoms with Gasteiger partial charge in [-0.1, -0.05) is 12.1 Å². The molecule has 0 bridgehead atoms. The molecule has 1 saturated heterocycles. The highest BCUT2D eigenvalue weighted by Crippen LogP contribution is 2.36. The van der Waals surface area contributed by atoms with Crippen molar-refractivity contribution in [2.75, 3.05) is 20.3 Å². The fourth-order valence-corrected chi connectivity index (χ4v) is 3.72. The van der Waals surface area contributed by atoms with E-state index in [1.54, 1.807) is 25.3 Å². The zero-order chi connectivity index (χ0) is 22.1. The Bertz CT molecular complexity index is 927. The zero-order valence-electron chi connectivity index (χ0n) is 16.7. The van der Waals surface area contributed by atoms with Crippen LogP contribution in [0, 0.1) is 0 Å². The number of hydrogen-bond donors (Lipinski definition) is 4. The summed E-state index contributed by atoms with van der Waals surface area (Å²) >= 11 is 0. The van der Waals surface area contributed by atoms with Crippen LogP contribution in [0.1, 0.15) is 21.8 Å². The molecule has 0 amide bonds. The Labute approximate surface area is 178 Å². The molecule has 0 radical (unpaired) electrons. The highest BCUT2D eigenvalue weighted by Gasteiger charge is 2.44. The lowest BCUT2D eigenvalue weighted by Crippen LogP contribution is -2.60.